The van der Waals surface area contributed by atoms with Crippen molar-refractivity contribution in [1.29, 1.82) is 0 Å². The molecule has 3 heteroatoms. The lowest BCUT2D eigenvalue weighted by atomic mass is 10.3. The zero-order valence-electron chi connectivity index (χ0n) is 8.66. The Labute approximate surface area is 81.0 Å². The van der Waals surface area contributed by atoms with Crippen LogP contribution in [0.25, 0.3) is 0 Å². The van der Waals surface area contributed by atoms with Crippen LogP contribution in [0.4, 0.5) is 0 Å². The van der Waals surface area contributed by atoms with Crippen LogP contribution in [0.2, 0.25) is 0 Å². The summed E-state index contributed by atoms with van der Waals surface area (Å²) in [6.45, 7) is 9.07. The summed E-state index contributed by atoms with van der Waals surface area (Å²) in [5, 5.41) is 8.94. The second-order valence-electron chi connectivity index (χ2n) is 3.27. The predicted molar refractivity (Wildman–Crippen MR) is 52.5 cm³/mol. The summed E-state index contributed by atoms with van der Waals surface area (Å²) in [4.78, 5) is 0. The summed E-state index contributed by atoms with van der Waals surface area (Å²) in [5.41, 5.74) is 0. The second kappa shape index (κ2) is 8.48. The number of aliphatic hydroxyl groups is 1. The molecule has 0 bridgehead atoms. The van der Waals surface area contributed by atoms with Crippen LogP contribution in [0.15, 0.2) is 0 Å². The molecule has 0 aromatic rings. The lowest BCUT2D eigenvalue weighted by Crippen LogP contribution is -2.21. The Balaban J connectivity index is 3.15. The maximum absolute atomic E-state index is 8.94. The molecule has 0 aliphatic heterocycles. The normalized spacial score (nSPS) is 15.7. The molecule has 3 nitrogen and oxygen atoms in total. The van der Waals surface area contributed by atoms with Crippen molar-refractivity contribution in [3.63, 3.8) is 0 Å². The minimum atomic E-state index is -0.401. The number of hydrogen-bond donors (Lipinski definition) is 1. The zero-order chi connectivity index (χ0) is 10.1. The van der Waals surface area contributed by atoms with Crippen LogP contribution in [0, 0.1) is 6.92 Å². The van der Waals surface area contributed by atoms with Gasteiger partial charge in [0.1, 0.15) is 0 Å². The average molecular weight is 189 g/mol. The van der Waals surface area contributed by atoms with Gasteiger partial charge in [-0.2, -0.15) is 0 Å². The number of ether oxygens (including phenoxy) is 2. The van der Waals surface area contributed by atoms with Gasteiger partial charge in [0.05, 0.1) is 25.4 Å². The summed E-state index contributed by atoms with van der Waals surface area (Å²) >= 11 is 0. The monoisotopic (exact) mass is 189 g/mol. The fraction of sp³-hybridized carbons (Fsp3) is 0.900. The van der Waals surface area contributed by atoms with Gasteiger partial charge in [0, 0.05) is 6.61 Å². The van der Waals surface area contributed by atoms with Crippen molar-refractivity contribution < 1.29 is 14.6 Å². The van der Waals surface area contributed by atoms with Gasteiger partial charge < -0.3 is 14.6 Å². The largest absolute Gasteiger partial charge is 0.391 e. The molecule has 1 radical (unpaired) electrons. The van der Waals surface area contributed by atoms with Crippen molar-refractivity contribution in [1.82, 2.24) is 0 Å². The molecule has 0 amide bonds. The van der Waals surface area contributed by atoms with E-state index in [-0.39, 0.29) is 6.10 Å². The third-order valence-electron chi connectivity index (χ3n) is 1.51. The molecule has 0 spiro atoms. The summed E-state index contributed by atoms with van der Waals surface area (Å²) in [6.07, 6.45) is 1.55. The lowest BCUT2D eigenvalue weighted by Gasteiger charge is -2.14. The molecule has 0 aliphatic rings. The van der Waals surface area contributed by atoms with Gasteiger partial charge in [0.2, 0.25) is 0 Å². The molecule has 0 aromatic heterocycles. The third kappa shape index (κ3) is 9.80. The van der Waals surface area contributed by atoms with Gasteiger partial charge >= 0.3 is 0 Å². The van der Waals surface area contributed by atoms with Gasteiger partial charge in [0.25, 0.3) is 0 Å². The molecular weight excluding hydrogens is 168 g/mol. The molecule has 13 heavy (non-hydrogen) atoms. The fourth-order valence-electron chi connectivity index (χ4n) is 0.805. The predicted octanol–water partition coefficient (Wildman–Crippen LogP) is 1.40. The first kappa shape index (κ1) is 12.9. The molecule has 0 heterocycles. The first-order chi connectivity index (χ1) is 6.16. The Morgan fingerprint density at radius 3 is 2.54 bits per heavy atom. The van der Waals surface area contributed by atoms with E-state index in [1.165, 1.54) is 0 Å². The van der Waals surface area contributed by atoms with Gasteiger partial charge in [-0.05, 0) is 20.3 Å². The SMILES string of the molecule is [CH2]CCCOCC(C)OCC(C)O. The van der Waals surface area contributed by atoms with E-state index < -0.39 is 6.10 Å². The molecule has 0 saturated heterocycles. The Morgan fingerprint density at radius 2 is 2.00 bits per heavy atom. The van der Waals surface area contributed by atoms with Crippen molar-refractivity contribution in [2.24, 2.45) is 0 Å². The number of rotatable bonds is 8. The maximum atomic E-state index is 8.94. The van der Waals surface area contributed by atoms with Crippen LogP contribution in [-0.4, -0.2) is 37.1 Å². The van der Waals surface area contributed by atoms with E-state index in [2.05, 4.69) is 6.92 Å². The van der Waals surface area contributed by atoms with Crippen LogP contribution in [-0.2, 0) is 9.47 Å². The third-order valence-corrected chi connectivity index (χ3v) is 1.51. The Bertz CT molecular complexity index is 104. The average Bonchev–Trinajstić information content (AvgIpc) is 2.09. The minimum absolute atomic E-state index is 0.0550. The van der Waals surface area contributed by atoms with Gasteiger partial charge in [-0.15, -0.1) is 0 Å². The van der Waals surface area contributed by atoms with E-state index >= 15 is 0 Å². The molecule has 0 saturated carbocycles. The molecule has 0 rings (SSSR count). The number of unbranched alkanes of at least 4 members (excludes halogenated alkanes) is 1. The fourth-order valence-corrected chi connectivity index (χ4v) is 0.805. The quantitative estimate of drug-likeness (QED) is 0.587. The van der Waals surface area contributed by atoms with Crippen molar-refractivity contribution in [2.75, 3.05) is 19.8 Å². The van der Waals surface area contributed by atoms with Gasteiger partial charge in [-0.1, -0.05) is 13.3 Å². The van der Waals surface area contributed by atoms with Crippen LogP contribution < -0.4 is 0 Å². The van der Waals surface area contributed by atoms with Crippen molar-refractivity contribution >= 4 is 0 Å². The van der Waals surface area contributed by atoms with E-state index in [0.717, 1.165) is 19.4 Å². The summed E-state index contributed by atoms with van der Waals surface area (Å²) < 4.78 is 10.6. The molecule has 0 aliphatic carbocycles. The highest BCUT2D eigenvalue weighted by atomic mass is 16.5. The molecule has 79 valence electrons. The van der Waals surface area contributed by atoms with Gasteiger partial charge in [-0.3, -0.25) is 0 Å². The number of hydrogen-bond acceptors (Lipinski definition) is 3. The first-order valence-corrected chi connectivity index (χ1v) is 4.83. The van der Waals surface area contributed by atoms with Crippen molar-refractivity contribution in [3.8, 4) is 0 Å². The maximum Gasteiger partial charge on any atom is 0.0781 e. The molecule has 0 fully saturated rings. The lowest BCUT2D eigenvalue weighted by molar-refractivity contribution is -0.0366. The number of aliphatic hydroxyl groups excluding tert-OH is 1. The van der Waals surface area contributed by atoms with E-state index in [1.54, 1.807) is 6.92 Å². The smallest absolute Gasteiger partial charge is 0.0781 e. The van der Waals surface area contributed by atoms with E-state index in [9.17, 15) is 0 Å². The highest BCUT2D eigenvalue weighted by Gasteiger charge is 2.03. The van der Waals surface area contributed by atoms with Crippen molar-refractivity contribution in [3.05, 3.63) is 6.92 Å². The summed E-state index contributed by atoms with van der Waals surface area (Å²) in [5.74, 6) is 0. The molecule has 0 aromatic carbocycles. The molecule has 2 atom stereocenters. The molecule has 1 N–H and O–H groups in total. The van der Waals surface area contributed by atoms with Crippen molar-refractivity contribution in [2.45, 2.75) is 38.9 Å². The van der Waals surface area contributed by atoms with Gasteiger partial charge in [-0.25, -0.2) is 0 Å². The Hall–Kier alpha value is -0.120. The summed E-state index contributed by atoms with van der Waals surface area (Å²) in [7, 11) is 0. The standard InChI is InChI=1S/C10H21O3/c1-4-5-6-12-8-10(3)13-7-9(2)11/h9-11H,1,4-8H2,2-3H3. The highest BCUT2D eigenvalue weighted by molar-refractivity contribution is 4.50. The van der Waals surface area contributed by atoms with Crippen LogP contribution in [0.1, 0.15) is 26.7 Å². The van der Waals surface area contributed by atoms with Crippen LogP contribution >= 0.6 is 0 Å². The summed E-state index contributed by atoms with van der Waals surface area (Å²) in [6, 6.07) is 0. The zero-order valence-corrected chi connectivity index (χ0v) is 8.66. The second-order valence-corrected chi connectivity index (χ2v) is 3.27. The van der Waals surface area contributed by atoms with E-state index in [1.807, 2.05) is 6.92 Å². The van der Waals surface area contributed by atoms with E-state index in [0.29, 0.717) is 13.2 Å². The van der Waals surface area contributed by atoms with E-state index in [4.69, 9.17) is 14.6 Å². The first-order valence-electron chi connectivity index (χ1n) is 4.83. The van der Waals surface area contributed by atoms with Crippen LogP contribution in [0.5, 0.6) is 0 Å². The molecule has 2 unspecified atom stereocenters. The minimum Gasteiger partial charge on any atom is -0.391 e. The Morgan fingerprint density at radius 1 is 1.31 bits per heavy atom. The molecular formula is C10H21O3. The van der Waals surface area contributed by atoms with Gasteiger partial charge in [0.15, 0.2) is 0 Å². The van der Waals surface area contributed by atoms with Crippen LogP contribution in [0.3, 0.4) is 0 Å². The topological polar surface area (TPSA) is 38.7 Å². The highest BCUT2D eigenvalue weighted by Crippen LogP contribution is 1.95. The Kier molecular flexibility index (Phi) is 8.40.